The number of carboxylic acids is 1. The van der Waals surface area contributed by atoms with Gasteiger partial charge in [0.25, 0.3) is 0 Å². The number of aliphatic carboxylic acids is 1. The zero-order valence-corrected chi connectivity index (χ0v) is 15.6. The van der Waals surface area contributed by atoms with Gasteiger partial charge in [0.2, 0.25) is 0 Å². The molecular weight excluding hydrogens is 392 g/mol. The average molecular weight is 412 g/mol. The first-order valence-corrected chi connectivity index (χ1v) is 8.95. The molecule has 6 nitrogen and oxygen atoms in total. The van der Waals surface area contributed by atoms with Crippen molar-refractivity contribution in [3.8, 4) is 0 Å². The van der Waals surface area contributed by atoms with Crippen molar-refractivity contribution in [1.82, 2.24) is 20.1 Å². The summed E-state index contributed by atoms with van der Waals surface area (Å²) in [7, 11) is 0. The predicted molar refractivity (Wildman–Crippen MR) is 98.0 cm³/mol. The fourth-order valence-electron chi connectivity index (χ4n) is 3.42. The highest BCUT2D eigenvalue weighted by Crippen LogP contribution is 2.24. The Labute approximate surface area is 163 Å². The SMILES string of the molecule is Cc1[nH]c2ccc(F)cc2c1CCN1CCc2[nH]ncc2C1.O=C(O)C(F)(F)F. The molecule has 0 atom stereocenters. The molecule has 0 bridgehead atoms. The number of aryl methyl sites for hydroxylation is 1. The molecule has 2 aromatic heterocycles. The van der Waals surface area contributed by atoms with Crippen LogP contribution in [0.1, 0.15) is 22.5 Å². The van der Waals surface area contributed by atoms with Crippen molar-refractivity contribution in [1.29, 1.82) is 0 Å². The number of fused-ring (bicyclic) bond motifs is 2. The summed E-state index contributed by atoms with van der Waals surface area (Å²) < 4.78 is 45.3. The number of hydrogen-bond acceptors (Lipinski definition) is 3. The number of nitrogens with zero attached hydrogens (tertiary/aromatic N) is 2. The van der Waals surface area contributed by atoms with Crippen LogP contribution in [0.25, 0.3) is 10.9 Å². The zero-order chi connectivity index (χ0) is 21.2. The first kappa shape index (κ1) is 20.8. The minimum absolute atomic E-state index is 0.172. The number of aromatic amines is 2. The zero-order valence-electron chi connectivity index (χ0n) is 15.6. The molecule has 156 valence electrons. The van der Waals surface area contributed by atoms with Gasteiger partial charge in [-0.05, 0) is 37.1 Å². The average Bonchev–Trinajstić information content (AvgIpc) is 3.22. The molecule has 0 spiro atoms. The highest BCUT2D eigenvalue weighted by Gasteiger charge is 2.38. The topological polar surface area (TPSA) is 85.0 Å². The van der Waals surface area contributed by atoms with E-state index in [4.69, 9.17) is 9.90 Å². The van der Waals surface area contributed by atoms with Crippen LogP contribution in [0.2, 0.25) is 0 Å². The summed E-state index contributed by atoms with van der Waals surface area (Å²) in [5.41, 5.74) is 5.95. The molecule has 0 unspecified atom stereocenters. The van der Waals surface area contributed by atoms with Crippen LogP contribution >= 0.6 is 0 Å². The molecule has 3 aromatic rings. The second kappa shape index (κ2) is 8.24. The molecule has 1 aliphatic rings. The molecule has 0 saturated heterocycles. The third kappa shape index (κ3) is 4.94. The van der Waals surface area contributed by atoms with E-state index in [1.54, 1.807) is 6.07 Å². The van der Waals surface area contributed by atoms with Crippen molar-refractivity contribution >= 4 is 16.9 Å². The van der Waals surface area contributed by atoms with Gasteiger partial charge in [-0.2, -0.15) is 18.3 Å². The molecule has 3 heterocycles. The highest BCUT2D eigenvalue weighted by atomic mass is 19.4. The third-order valence-electron chi connectivity index (χ3n) is 4.88. The summed E-state index contributed by atoms with van der Waals surface area (Å²) in [5.74, 6) is -2.93. The van der Waals surface area contributed by atoms with Crippen LogP contribution in [0.15, 0.2) is 24.4 Å². The Hall–Kier alpha value is -2.88. The van der Waals surface area contributed by atoms with Crippen molar-refractivity contribution in [2.75, 3.05) is 13.1 Å². The van der Waals surface area contributed by atoms with Crippen LogP contribution < -0.4 is 0 Å². The lowest BCUT2D eigenvalue weighted by atomic mass is 10.1. The molecule has 29 heavy (non-hydrogen) atoms. The number of benzene rings is 1. The van der Waals surface area contributed by atoms with Crippen molar-refractivity contribution in [3.63, 3.8) is 0 Å². The Morgan fingerprint density at radius 2 is 2.07 bits per heavy atom. The van der Waals surface area contributed by atoms with Gasteiger partial charge in [-0.15, -0.1) is 0 Å². The summed E-state index contributed by atoms with van der Waals surface area (Å²) in [5, 5.41) is 15.3. The maximum Gasteiger partial charge on any atom is 0.490 e. The molecule has 4 rings (SSSR count). The van der Waals surface area contributed by atoms with Gasteiger partial charge in [0.1, 0.15) is 5.82 Å². The van der Waals surface area contributed by atoms with Gasteiger partial charge in [0.05, 0.1) is 6.20 Å². The molecule has 0 saturated carbocycles. The molecule has 1 aromatic carbocycles. The van der Waals surface area contributed by atoms with Gasteiger partial charge >= 0.3 is 12.1 Å². The molecule has 0 amide bonds. The summed E-state index contributed by atoms with van der Waals surface area (Å²) in [6.07, 6.45) is -1.20. The van der Waals surface area contributed by atoms with E-state index in [-0.39, 0.29) is 5.82 Å². The van der Waals surface area contributed by atoms with Gasteiger partial charge in [-0.1, -0.05) is 0 Å². The maximum atomic E-state index is 13.5. The molecule has 0 fully saturated rings. The largest absolute Gasteiger partial charge is 0.490 e. The molecule has 3 N–H and O–H groups in total. The number of halogens is 4. The van der Waals surface area contributed by atoms with E-state index in [0.29, 0.717) is 0 Å². The van der Waals surface area contributed by atoms with Gasteiger partial charge in [0.15, 0.2) is 0 Å². The summed E-state index contributed by atoms with van der Waals surface area (Å²) in [6.45, 7) is 5.04. The quantitative estimate of drug-likeness (QED) is 0.574. The van der Waals surface area contributed by atoms with Gasteiger partial charge in [0, 0.05) is 53.9 Å². The normalized spacial score (nSPS) is 14.4. The van der Waals surface area contributed by atoms with Crippen LogP contribution in [0.3, 0.4) is 0 Å². The lowest BCUT2D eigenvalue weighted by Gasteiger charge is -2.26. The lowest BCUT2D eigenvalue weighted by molar-refractivity contribution is -0.192. The Morgan fingerprint density at radius 1 is 1.34 bits per heavy atom. The fourth-order valence-corrected chi connectivity index (χ4v) is 3.42. The van der Waals surface area contributed by atoms with Crippen LogP contribution in [0.4, 0.5) is 17.6 Å². The monoisotopic (exact) mass is 412 g/mol. The summed E-state index contributed by atoms with van der Waals surface area (Å²) in [6, 6.07) is 4.96. The molecule has 1 aliphatic heterocycles. The third-order valence-corrected chi connectivity index (χ3v) is 4.88. The fraction of sp³-hybridized carbons (Fsp3) is 0.368. The number of nitrogens with one attached hydrogen (secondary N) is 2. The minimum Gasteiger partial charge on any atom is -0.475 e. The highest BCUT2D eigenvalue weighted by molar-refractivity contribution is 5.84. The lowest BCUT2D eigenvalue weighted by Crippen LogP contribution is -2.32. The Morgan fingerprint density at radius 3 is 2.76 bits per heavy atom. The van der Waals surface area contributed by atoms with Crippen molar-refractivity contribution < 1.29 is 27.5 Å². The van der Waals surface area contributed by atoms with E-state index in [0.717, 1.165) is 49.1 Å². The van der Waals surface area contributed by atoms with Crippen molar-refractivity contribution in [2.24, 2.45) is 0 Å². The summed E-state index contributed by atoms with van der Waals surface area (Å²) in [4.78, 5) is 14.7. The van der Waals surface area contributed by atoms with Crippen LogP contribution in [-0.2, 0) is 24.2 Å². The van der Waals surface area contributed by atoms with Crippen LogP contribution in [0.5, 0.6) is 0 Å². The number of aromatic nitrogens is 3. The number of alkyl halides is 3. The Bertz CT molecular complexity index is 1010. The van der Waals surface area contributed by atoms with Gasteiger partial charge < -0.3 is 10.1 Å². The Kier molecular flexibility index (Phi) is 5.92. The standard InChI is InChI=1S/C17H19FN4.C2HF3O2/c1-11-14(15-8-13(18)2-3-17(15)20-11)4-6-22-7-5-16-12(10-22)9-19-21-16;3-2(4,5)1(6)7/h2-3,8-9,20H,4-7,10H2,1H3,(H,19,21);(H,6,7). The van der Waals surface area contributed by atoms with Crippen molar-refractivity contribution in [3.05, 3.63) is 52.7 Å². The predicted octanol–water partition coefficient (Wildman–Crippen LogP) is 3.57. The molecule has 10 heteroatoms. The van der Waals surface area contributed by atoms with Gasteiger partial charge in [-0.25, -0.2) is 9.18 Å². The van der Waals surface area contributed by atoms with E-state index in [1.807, 2.05) is 12.3 Å². The second-order valence-corrected chi connectivity index (χ2v) is 6.87. The van der Waals surface area contributed by atoms with E-state index < -0.39 is 12.1 Å². The van der Waals surface area contributed by atoms with Crippen LogP contribution in [-0.4, -0.2) is 50.4 Å². The smallest absolute Gasteiger partial charge is 0.475 e. The number of H-pyrrole nitrogens is 2. The van der Waals surface area contributed by atoms with E-state index in [9.17, 15) is 17.6 Å². The number of hydrogen-bond donors (Lipinski definition) is 3. The number of carbonyl (C=O) groups is 1. The van der Waals surface area contributed by atoms with Crippen molar-refractivity contribution in [2.45, 2.75) is 32.5 Å². The van der Waals surface area contributed by atoms with E-state index >= 15 is 0 Å². The maximum absolute atomic E-state index is 13.5. The number of rotatable bonds is 3. The first-order chi connectivity index (χ1) is 13.6. The molecular formula is C19H20F4N4O2. The Balaban J connectivity index is 0.000000298. The first-order valence-electron chi connectivity index (χ1n) is 8.95. The summed E-state index contributed by atoms with van der Waals surface area (Å²) >= 11 is 0. The van der Waals surface area contributed by atoms with E-state index in [2.05, 4.69) is 27.0 Å². The molecule has 0 aliphatic carbocycles. The number of carboxylic acid groups (broad SMARTS) is 1. The molecule has 0 radical (unpaired) electrons. The van der Waals surface area contributed by atoms with Crippen LogP contribution in [0, 0.1) is 12.7 Å². The van der Waals surface area contributed by atoms with Gasteiger partial charge in [-0.3, -0.25) is 10.00 Å². The second-order valence-electron chi connectivity index (χ2n) is 6.87. The minimum atomic E-state index is -5.08. The van der Waals surface area contributed by atoms with E-state index in [1.165, 1.54) is 22.9 Å².